The molecule has 1 aromatic carbocycles. The van der Waals surface area contributed by atoms with E-state index in [9.17, 15) is 8.42 Å². The van der Waals surface area contributed by atoms with Crippen LogP contribution in [0.3, 0.4) is 0 Å². The van der Waals surface area contributed by atoms with E-state index in [1.54, 1.807) is 6.92 Å². The number of hydrogen-bond donors (Lipinski definition) is 2. The van der Waals surface area contributed by atoms with Crippen LogP contribution in [0.25, 0.3) is 11.0 Å². The molecule has 0 aliphatic heterocycles. The maximum atomic E-state index is 11.8. The van der Waals surface area contributed by atoms with E-state index in [0.29, 0.717) is 23.3 Å². The van der Waals surface area contributed by atoms with Crippen molar-refractivity contribution in [1.29, 1.82) is 0 Å². The lowest BCUT2D eigenvalue weighted by Crippen LogP contribution is -2.23. The molecular formula is C8H10N4O2S2. The van der Waals surface area contributed by atoms with Gasteiger partial charge in [0, 0.05) is 6.54 Å². The van der Waals surface area contributed by atoms with E-state index in [4.69, 9.17) is 5.73 Å². The zero-order valence-electron chi connectivity index (χ0n) is 8.47. The molecule has 1 aromatic heterocycles. The zero-order valence-corrected chi connectivity index (χ0v) is 10.1. The Balaban J connectivity index is 2.71. The van der Waals surface area contributed by atoms with Crippen LogP contribution in [0.2, 0.25) is 0 Å². The molecule has 0 fully saturated rings. The molecule has 0 radical (unpaired) electrons. The van der Waals surface area contributed by atoms with E-state index < -0.39 is 10.0 Å². The van der Waals surface area contributed by atoms with Crippen molar-refractivity contribution < 1.29 is 8.42 Å². The molecule has 2 rings (SSSR count). The van der Waals surface area contributed by atoms with E-state index in [-0.39, 0.29) is 4.90 Å². The second-order valence-corrected chi connectivity index (χ2v) is 5.38. The highest BCUT2D eigenvalue weighted by atomic mass is 32.2. The van der Waals surface area contributed by atoms with Gasteiger partial charge in [-0.05, 0) is 12.1 Å². The van der Waals surface area contributed by atoms with Crippen LogP contribution in [0.4, 0.5) is 5.69 Å². The Morgan fingerprint density at radius 3 is 2.75 bits per heavy atom. The Hall–Kier alpha value is -1.25. The van der Waals surface area contributed by atoms with Crippen LogP contribution in [-0.2, 0) is 10.0 Å². The quantitative estimate of drug-likeness (QED) is 0.784. The molecule has 8 heteroatoms. The molecule has 86 valence electrons. The smallest absolute Gasteiger partial charge is 0.242 e. The van der Waals surface area contributed by atoms with Crippen LogP contribution >= 0.6 is 11.7 Å². The van der Waals surface area contributed by atoms with Gasteiger partial charge in [0.1, 0.15) is 15.9 Å². The van der Waals surface area contributed by atoms with Crippen molar-refractivity contribution in [3.8, 4) is 0 Å². The number of sulfonamides is 1. The van der Waals surface area contributed by atoms with Crippen LogP contribution in [-0.4, -0.2) is 23.7 Å². The standard InChI is InChI=1S/C8H10N4O2S2/c1-2-10-16(13,14)6-4-3-5(9)7-8(6)12-15-11-7/h3-4,10H,2,9H2,1H3. The third-order valence-electron chi connectivity index (χ3n) is 2.03. The molecule has 0 amide bonds. The third-order valence-corrected chi connectivity index (χ3v) is 4.14. The maximum Gasteiger partial charge on any atom is 0.242 e. The summed E-state index contributed by atoms with van der Waals surface area (Å²) in [6.07, 6.45) is 0. The lowest BCUT2D eigenvalue weighted by Gasteiger charge is -2.05. The molecule has 16 heavy (non-hydrogen) atoms. The minimum absolute atomic E-state index is 0.118. The number of benzene rings is 1. The number of hydrogen-bond acceptors (Lipinski definition) is 6. The molecular weight excluding hydrogens is 248 g/mol. The SMILES string of the molecule is CCNS(=O)(=O)c1ccc(N)c2nsnc12. The normalized spacial score (nSPS) is 12.1. The molecule has 0 spiro atoms. The number of nitrogens with one attached hydrogen (secondary N) is 1. The van der Waals surface area contributed by atoms with E-state index in [0.717, 1.165) is 11.7 Å². The fourth-order valence-corrected chi connectivity index (χ4v) is 3.17. The van der Waals surface area contributed by atoms with E-state index >= 15 is 0 Å². The van der Waals surface area contributed by atoms with Crippen LogP contribution in [0.5, 0.6) is 0 Å². The average molecular weight is 258 g/mol. The fourth-order valence-electron chi connectivity index (χ4n) is 1.35. The van der Waals surface area contributed by atoms with Crippen molar-refractivity contribution in [3.63, 3.8) is 0 Å². The molecule has 0 aliphatic rings. The van der Waals surface area contributed by atoms with Gasteiger partial charge in [0.25, 0.3) is 0 Å². The lowest BCUT2D eigenvalue weighted by atomic mass is 10.3. The molecule has 0 unspecified atom stereocenters. The highest BCUT2D eigenvalue weighted by Gasteiger charge is 2.19. The summed E-state index contributed by atoms with van der Waals surface area (Å²) in [5, 5.41) is 0. The summed E-state index contributed by atoms with van der Waals surface area (Å²) in [4.78, 5) is 0.118. The summed E-state index contributed by atoms with van der Waals surface area (Å²) in [5.41, 5.74) is 6.86. The largest absolute Gasteiger partial charge is 0.397 e. The zero-order chi connectivity index (χ0) is 11.8. The van der Waals surface area contributed by atoms with E-state index in [1.807, 2.05) is 0 Å². The van der Waals surface area contributed by atoms with Crippen LogP contribution in [0.1, 0.15) is 6.92 Å². The highest BCUT2D eigenvalue weighted by molar-refractivity contribution is 7.89. The summed E-state index contributed by atoms with van der Waals surface area (Å²) in [6.45, 7) is 2.04. The fraction of sp³-hybridized carbons (Fsp3) is 0.250. The first-order chi connectivity index (χ1) is 7.56. The van der Waals surface area contributed by atoms with Gasteiger partial charge in [-0.3, -0.25) is 0 Å². The number of nitrogens with zero attached hydrogens (tertiary/aromatic N) is 2. The minimum Gasteiger partial charge on any atom is -0.397 e. The number of nitrogen functional groups attached to an aromatic ring is 1. The van der Waals surface area contributed by atoms with Crippen molar-refractivity contribution in [2.45, 2.75) is 11.8 Å². The first-order valence-corrected chi connectivity index (χ1v) is 6.78. The van der Waals surface area contributed by atoms with Gasteiger partial charge < -0.3 is 5.73 Å². The monoisotopic (exact) mass is 258 g/mol. The predicted octanol–water partition coefficient (Wildman–Crippen LogP) is 0.572. The molecule has 3 N–H and O–H groups in total. The van der Waals surface area contributed by atoms with Gasteiger partial charge in [-0.1, -0.05) is 6.92 Å². The lowest BCUT2D eigenvalue weighted by molar-refractivity contribution is 0.585. The number of nitrogens with two attached hydrogens (primary N) is 1. The van der Waals surface area contributed by atoms with Crippen molar-refractivity contribution in [2.75, 3.05) is 12.3 Å². The summed E-state index contributed by atoms with van der Waals surface area (Å²) in [7, 11) is -3.52. The molecule has 0 aliphatic carbocycles. The summed E-state index contributed by atoms with van der Waals surface area (Å²) < 4.78 is 34.0. The summed E-state index contributed by atoms with van der Waals surface area (Å²) in [6, 6.07) is 2.96. The highest BCUT2D eigenvalue weighted by Crippen LogP contribution is 2.25. The number of fused-ring (bicyclic) bond motifs is 1. The maximum absolute atomic E-state index is 11.8. The summed E-state index contributed by atoms with van der Waals surface area (Å²) in [5.74, 6) is 0. The van der Waals surface area contributed by atoms with Gasteiger partial charge >= 0.3 is 0 Å². The molecule has 0 atom stereocenters. The van der Waals surface area contributed by atoms with Crippen LogP contribution in [0.15, 0.2) is 17.0 Å². The molecule has 2 aromatic rings. The molecule has 0 saturated heterocycles. The van der Waals surface area contributed by atoms with Crippen LogP contribution in [0, 0.1) is 0 Å². The van der Waals surface area contributed by atoms with Gasteiger partial charge in [-0.2, -0.15) is 8.75 Å². The van der Waals surface area contributed by atoms with Crippen molar-refractivity contribution in [3.05, 3.63) is 12.1 Å². The molecule has 0 bridgehead atoms. The Kier molecular flexibility index (Phi) is 2.78. The first kappa shape index (κ1) is 11.2. The second kappa shape index (κ2) is 3.96. The van der Waals surface area contributed by atoms with Crippen LogP contribution < -0.4 is 10.5 Å². The topological polar surface area (TPSA) is 98.0 Å². The Bertz CT molecular complexity index is 620. The van der Waals surface area contributed by atoms with E-state index in [2.05, 4.69) is 13.5 Å². The number of rotatable bonds is 3. The Morgan fingerprint density at radius 1 is 1.38 bits per heavy atom. The van der Waals surface area contributed by atoms with Crippen molar-refractivity contribution >= 4 is 38.5 Å². The molecule has 6 nitrogen and oxygen atoms in total. The Labute approximate surface area is 96.9 Å². The number of aromatic nitrogens is 2. The second-order valence-electron chi connectivity index (χ2n) is 3.12. The first-order valence-electron chi connectivity index (χ1n) is 4.56. The Morgan fingerprint density at radius 2 is 2.06 bits per heavy atom. The molecule has 1 heterocycles. The van der Waals surface area contributed by atoms with Gasteiger partial charge in [-0.25, -0.2) is 13.1 Å². The van der Waals surface area contributed by atoms with Crippen molar-refractivity contribution in [2.24, 2.45) is 0 Å². The average Bonchev–Trinajstić information content (AvgIpc) is 2.66. The summed E-state index contributed by atoms with van der Waals surface area (Å²) >= 11 is 0.943. The van der Waals surface area contributed by atoms with E-state index in [1.165, 1.54) is 12.1 Å². The number of anilines is 1. The van der Waals surface area contributed by atoms with Crippen molar-refractivity contribution in [1.82, 2.24) is 13.5 Å². The van der Waals surface area contributed by atoms with Gasteiger partial charge in [-0.15, -0.1) is 0 Å². The molecule has 0 saturated carbocycles. The van der Waals surface area contributed by atoms with Gasteiger partial charge in [0.15, 0.2) is 0 Å². The predicted molar refractivity (Wildman–Crippen MR) is 62.7 cm³/mol. The minimum atomic E-state index is -3.52. The van der Waals surface area contributed by atoms with Gasteiger partial charge in [0.05, 0.1) is 17.4 Å². The third kappa shape index (κ3) is 1.75. The van der Waals surface area contributed by atoms with Gasteiger partial charge in [0.2, 0.25) is 10.0 Å².